The highest BCUT2D eigenvalue weighted by atomic mass is 31.2. The number of unbranched alkanes of at least 4 members (excludes halogenated alkanes) is 31. The minimum absolute atomic E-state index is 0.0375. The molecule has 19 heteroatoms. The molecule has 588 valence electrons. The average molecular weight is 1480 g/mol. The van der Waals surface area contributed by atoms with E-state index in [-0.39, 0.29) is 25.7 Å². The molecule has 0 bridgehead atoms. The molecule has 3 N–H and O–H groups in total. The normalized spacial score (nSPS) is 14.5. The van der Waals surface area contributed by atoms with Crippen LogP contribution in [0.2, 0.25) is 0 Å². The van der Waals surface area contributed by atoms with Crippen LogP contribution < -0.4 is 0 Å². The fraction of sp³-hybridized carbons (Fsp3) is 0.735. The summed E-state index contributed by atoms with van der Waals surface area (Å²) >= 11 is 0. The van der Waals surface area contributed by atoms with Gasteiger partial charge < -0.3 is 33.8 Å². The van der Waals surface area contributed by atoms with Crippen molar-refractivity contribution < 1.29 is 80.2 Å². The summed E-state index contributed by atoms with van der Waals surface area (Å²) in [5.41, 5.74) is 0. The molecule has 0 aromatic heterocycles. The van der Waals surface area contributed by atoms with Gasteiger partial charge in [0, 0.05) is 25.7 Å². The largest absolute Gasteiger partial charge is 0.472 e. The Kier molecular flexibility index (Phi) is 71.8. The first-order chi connectivity index (χ1) is 49.7. The Balaban J connectivity index is 5.35. The number of esters is 4. The minimum atomic E-state index is -4.99. The molecule has 102 heavy (non-hydrogen) atoms. The van der Waals surface area contributed by atoms with Gasteiger partial charge in [-0.15, -0.1) is 0 Å². The predicted octanol–water partition coefficient (Wildman–Crippen LogP) is 23.3. The van der Waals surface area contributed by atoms with E-state index < -0.39 is 97.5 Å². The van der Waals surface area contributed by atoms with Crippen LogP contribution in [0.3, 0.4) is 0 Å². The second-order valence-electron chi connectivity index (χ2n) is 26.6. The number of phosphoric ester groups is 2. The quantitative estimate of drug-likeness (QED) is 0.0169. The maximum atomic E-state index is 13.1. The first kappa shape index (κ1) is 97.7. The molecule has 0 amide bonds. The van der Waals surface area contributed by atoms with Gasteiger partial charge >= 0.3 is 39.5 Å². The van der Waals surface area contributed by atoms with Crippen molar-refractivity contribution in [1.29, 1.82) is 0 Å². The van der Waals surface area contributed by atoms with Crippen LogP contribution in [0.1, 0.15) is 336 Å². The molecule has 0 aliphatic rings. The van der Waals surface area contributed by atoms with Gasteiger partial charge in [-0.1, -0.05) is 317 Å². The molecule has 0 spiro atoms. The number of ether oxygens (including phenoxy) is 4. The number of phosphoric acid groups is 2. The van der Waals surface area contributed by atoms with Crippen LogP contribution in [-0.2, 0) is 65.4 Å². The number of carbonyl (C=O) groups is 4. The molecule has 0 radical (unpaired) electrons. The van der Waals surface area contributed by atoms with Crippen molar-refractivity contribution in [3.63, 3.8) is 0 Å². The SMILES string of the molecule is CC/C=C\C/C=C\C/C=C\C/C=C\C/C=C\C/C=C\CCC(=O)OCC(COP(=O)(O)OCC(O)COP(=O)(O)OCC(COC(=O)CCCCCCCC/C=C\C/C=C\C/C=C\CCCCC)OC(=O)CCCCCCCCCCCCC)OC(=O)CCCCCCCCCCCCCCC. The van der Waals surface area contributed by atoms with Crippen LogP contribution in [0.15, 0.2) is 109 Å². The zero-order valence-electron chi connectivity index (χ0n) is 64.3. The average Bonchev–Trinajstić information content (AvgIpc) is 0.907. The Morgan fingerprint density at radius 1 is 0.284 bits per heavy atom. The summed E-state index contributed by atoms with van der Waals surface area (Å²) in [6.45, 7) is 4.66. The Hall–Kier alpha value is -4.28. The molecule has 0 heterocycles. The van der Waals surface area contributed by atoms with Gasteiger partial charge in [-0.05, 0) is 103 Å². The Morgan fingerprint density at radius 2 is 0.529 bits per heavy atom. The van der Waals surface area contributed by atoms with Gasteiger partial charge in [0.1, 0.15) is 19.3 Å². The molecule has 0 saturated carbocycles. The van der Waals surface area contributed by atoms with Crippen LogP contribution in [0, 0.1) is 0 Å². The summed E-state index contributed by atoms with van der Waals surface area (Å²) in [6, 6.07) is 0. The fourth-order valence-electron chi connectivity index (χ4n) is 10.7. The van der Waals surface area contributed by atoms with Gasteiger partial charge in [0.05, 0.1) is 26.4 Å². The molecule has 0 aliphatic carbocycles. The van der Waals surface area contributed by atoms with E-state index in [9.17, 15) is 43.2 Å². The number of allylic oxidation sites excluding steroid dienone is 18. The van der Waals surface area contributed by atoms with Crippen LogP contribution >= 0.6 is 15.6 Å². The lowest BCUT2D eigenvalue weighted by atomic mass is 10.0. The molecule has 0 aromatic carbocycles. The number of hydrogen-bond donors (Lipinski definition) is 3. The topological polar surface area (TPSA) is 237 Å². The Morgan fingerprint density at radius 3 is 0.863 bits per heavy atom. The summed E-state index contributed by atoms with van der Waals surface area (Å²) in [5.74, 6) is -2.27. The number of rotatable bonds is 75. The molecule has 0 saturated heterocycles. The van der Waals surface area contributed by atoms with E-state index in [1.165, 1.54) is 109 Å². The third-order valence-electron chi connectivity index (χ3n) is 16.8. The Labute approximate surface area is 619 Å². The lowest BCUT2D eigenvalue weighted by Crippen LogP contribution is -2.30. The maximum absolute atomic E-state index is 13.1. The lowest BCUT2D eigenvalue weighted by molar-refractivity contribution is -0.161. The standard InChI is InChI=1S/C83H144O17P2/c1-5-9-13-17-21-25-29-32-34-36-38-40-42-45-48-51-55-59-63-67-80(85)93-73-78(99-82(87)69-65-61-57-53-47-28-24-20-16-12-8-4)75-97-101(89,90)95-71-77(84)72-96-102(91,92)98-76-79(100-83(88)70-66-62-58-54-50-44-31-27-23-19-15-11-7-3)74-94-81(86)68-64-60-56-52-49-46-43-41-39-37-35-33-30-26-22-18-14-10-6-2/h10,14,21-22,25-26,32-35,38-41,46,49,56,60,77-79,84H,5-9,11-13,15-20,23-24,27-31,36-37,42-45,47-48,50-55,57-59,61-76H2,1-4H3,(H,89,90)(H,91,92)/b14-10-,25-21-,26-22-,34-32-,35-33-,40-38-,41-39-,49-46-,60-56-. The molecule has 0 rings (SSSR count). The molecule has 0 fully saturated rings. The summed E-state index contributed by atoms with van der Waals surface area (Å²) in [5, 5.41) is 10.6. The van der Waals surface area contributed by atoms with E-state index in [0.717, 1.165) is 141 Å². The summed E-state index contributed by atoms with van der Waals surface area (Å²) in [7, 11) is -9.97. The van der Waals surface area contributed by atoms with E-state index >= 15 is 0 Å². The Bertz CT molecular complexity index is 2360. The first-order valence-corrected chi connectivity index (χ1v) is 43.1. The predicted molar refractivity (Wildman–Crippen MR) is 418 cm³/mol. The van der Waals surface area contributed by atoms with Crippen LogP contribution in [0.5, 0.6) is 0 Å². The second-order valence-corrected chi connectivity index (χ2v) is 29.5. The molecular formula is C83H144O17P2. The van der Waals surface area contributed by atoms with E-state index in [1.807, 2.05) is 18.2 Å². The monoisotopic (exact) mass is 1470 g/mol. The van der Waals surface area contributed by atoms with Crippen LogP contribution in [0.4, 0.5) is 0 Å². The highest BCUT2D eigenvalue weighted by Crippen LogP contribution is 2.45. The highest BCUT2D eigenvalue weighted by Gasteiger charge is 2.30. The zero-order valence-corrected chi connectivity index (χ0v) is 66.0. The van der Waals surface area contributed by atoms with Gasteiger partial charge in [0.15, 0.2) is 12.2 Å². The number of aliphatic hydroxyl groups excluding tert-OH is 1. The van der Waals surface area contributed by atoms with Crippen molar-refractivity contribution in [3.05, 3.63) is 109 Å². The van der Waals surface area contributed by atoms with Gasteiger partial charge in [-0.2, -0.15) is 0 Å². The van der Waals surface area contributed by atoms with Crippen LogP contribution in [0.25, 0.3) is 0 Å². The maximum Gasteiger partial charge on any atom is 0.472 e. The third-order valence-corrected chi connectivity index (χ3v) is 18.7. The zero-order chi connectivity index (χ0) is 74.6. The van der Waals surface area contributed by atoms with E-state index in [1.54, 1.807) is 0 Å². The molecule has 0 aliphatic heterocycles. The van der Waals surface area contributed by atoms with E-state index in [4.69, 9.17) is 37.0 Å². The van der Waals surface area contributed by atoms with Crippen molar-refractivity contribution in [2.45, 2.75) is 354 Å². The van der Waals surface area contributed by atoms with Gasteiger partial charge in [0.25, 0.3) is 0 Å². The molecule has 0 aromatic rings. The van der Waals surface area contributed by atoms with Gasteiger partial charge in [-0.25, -0.2) is 9.13 Å². The van der Waals surface area contributed by atoms with Gasteiger partial charge in [-0.3, -0.25) is 37.3 Å². The van der Waals surface area contributed by atoms with Crippen molar-refractivity contribution in [1.82, 2.24) is 0 Å². The molecule has 5 atom stereocenters. The summed E-state index contributed by atoms with van der Waals surface area (Å²) in [6.07, 6.45) is 80.8. The van der Waals surface area contributed by atoms with E-state index in [0.29, 0.717) is 32.1 Å². The van der Waals surface area contributed by atoms with Crippen LogP contribution in [-0.4, -0.2) is 96.7 Å². The molecule has 5 unspecified atom stereocenters. The summed E-state index contributed by atoms with van der Waals surface area (Å²) in [4.78, 5) is 72.9. The highest BCUT2D eigenvalue weighted by molar-refractivity contribution is 7.47. The lowest BCUT2D eigenvalue weighted by Gasteiger charge is -2.21. The first-order valence-electron chi connectivity index (χ1n) is 40.1. The molecule has 17 nitrogen and oxygen atoms in total. The van der Waals surface area contributed by atoms with Crippen molar-refractivity contribution >= 4 is 39.5 Å². The smallest absolute Gasteiger partial charge is 0.462 e. The van der Waals surface area contributed by atoms with Crippen molar-refractivity contribution in [2.75, 3.05) is 39.6 Å². The van der Waals surface area contributed by atoms with Crippen molar-refractivity contribution in [2.24, 2.45) is 0 Å². The number of carbonyl (C=O) groups excluding carboxylic acids is 4. The molecular weight excluding hydrogens is 1330 g/mol. The third kappa shape index (κ3) is 74.0. The minimum Gasteiger partial charge on any atom is -0.462 e. The van der Waals surface area contributed by atoms with Crippen molar-refractivity contribution in [3.8, 4) is 0 Å². The second kappa shape index (κ2) is 75.0. The number of hydrogen-bond acceptors (Lipinski definition) is 15. The fourth-order valence-corrected chi connectivity index (χ4v) is 12.2. The summed E-state index contributed by atoms with van der Waals surface area (Å²) < 4.78 is 68.5. The van der Waals surface area contributed by atoms with Gasteiger partial charge in [0.2, 0.25) is 0 Å². The van der Waals surface area contributed by atoms with E-state index in [2.05, 4.69) is 119 Å². The number of aliphatic hydroxyl groups is 1.